The maximum Gasteiger partial charge on any atom is 0.225 e. The standard InChI is InChI=1S/C22H30N4O2S/c1-25(2)19-9-5-17(6-10-19)23-21(27)13-15-29-16-14-22(28)24-18-7-11-20(12-8-18)26(3)4/h5-12H,13-16H2,1-4H3,(H,23,27)(H,24,28). The average molecular weight is 415 g/mol. The molecule has 0 fully saturated rings. The summed E-state index contributed by atoms with van der Waals surface area (Å²) in [6, 6.07) is 15.5. The Kier molecular flexibility index (Phi) is 8.86. The van der Waals surface area contributed by atoms with Crippen LogP contribution in [0.4, 0.5) is 22.7 Å². The number of thioether (sulfide) groups is 1. The topological polar surface area (TPSA) is 64.7 Å². The molecule has 0 bridgehead atoms. The predicted octanol–water partition coefficient (Wildman–Crippen LogP) is 3.91. The molecule has 2 aromatic carbocycles. The number of nitrogens with zero attached hydrogens (tertiary/aromatic N) is 2. The van der Waals surface area contributed by atoms with E-state index < -0.39 is 0 Å². The number of carbonyl (C=O) groups is 2. The molecular formula is C22H30N4O2S. The fraction of sp³-hybridized carbons (Fsp3) is 0.364. The summed E-state index contributed by atoms with van der Waals surface area (Å²) in [7, 11) is 7.91. The second kappa shape index (κ2) is 11.4. The van der Waals surface area contributed by atoms with Crippen LogP contribution in [0, 0.1) is 0 Å². The summed E-state index contributed by atoms with van der Waals surface area (Å²) >= 11 is 1.61. The Labute approximate surface area is 177 Å². The maximum atomic E-state index is 12.0. The first-order chi connectivity index (χ1) is 13.8. The number of hydrogen-bond acceptors (Lipinski definition) is 5. The summed E-state index contributed by atoms with van der Waals surface area (Å²) in [5, 5.41) is 5.80. The largest absolute Gasteiger partial charge is 0.378 e. The molecule has 0 radical (unpaired) electrons. The lowest BCUT2D eigenvalue weighted by Crippen LogP contribution is -2.14. The molecule has 0 heterocycles. The summed E-state index contributed by atoms with van der Waals surface area (Å²) in [5.74, 6) is 1.35. The molecule has 7 heteroatoms. The SMILES string of the molecule is CN(C)c1ccc(NC(=O)CCSCCC(=O)Nc2ccc(N(C)C)cc2)cc1. The number of carbonyl (C=O) groups excluding carboxylic acids is 2. The van der Waals surface area contributed by atoms with Crippen LogP contribution in [0.5, 0.6) is 0 Å². The van der Waals surface area contributed by atoms with E-state index in [9.17, 15) is 9.59 Å². The van der Waals surface area contributed by atoms with E-state index in [2.05, 4.69) is 10.6 Å². The molecule has 156 valence electrons. The Hall–Kier alpha value is -2.67. The van der Waals surface area contributed by atoms with E-state index in [-0.39, 0.29) is 11.8 Å². The lowest BCUT2D eigenvalue weighted by atomic mass is 10.2. The van der Waals surface area contributed by atoms with Crippen molar-refractivity contribution in [3.63, 3.8) is 0 Å². The van der Waals surface area contributed by atoms with Crippen LogP contribution in [0.25, 0.3) is 0 Å². The van der Waals surface area contributed by atoms with E-state index in [1.807, 2.05) is 86.5 Å². The fourth-order valence-electron chi connectivity index (χ4n) is 2.56. The van der Waals surface area contributed by atoms with E-state index in [0.29, 0.717) is 24.3 Å². The van der Waals surface area contributed by atoms with E-state index in [1.54, 1.807) is 11.8 Å². The molecule has 0 aliphatic carbocycles. The quantitative estimate of drug-likeness (QED) is 0.577. The Balaban J connectivity index is 1.61. The van der Waals surface area contributed by atoms with Gasteiger partial charge in [0.1, 0.15) is 0 Å². The first-order valence-corrected chi connectivity index (χ1v) is 10.7. The van der Waals surface area contributed by atoms with Gasteiger partial charge < -0.3 is 20.4 Å². The molecule has 2 rings (SSSR count). The van der Waals surface area contributed by atoms with Crippen molar-refractivity contribution in [3.8, 4) is 0 Å². The second-order valence-electron chi connectivity index (χ2n) is 7.09. The van der Waals surface area contributed by atoms with Crippen molar-refractivity contribution in [1.82, 2.24) is 0 Å². The molecule has 0 aromatic heterocycles. The zero-order valence-corrected chi connectivity index (χ0v) is 18.4. The van der Waals surface area contributed by atoms with Crippen LogP contribution in [0.15, 0.2) is 48.5 Å². The average Bonchev–Trinajstić information content (AvgIpc) is 2.68. The molecule has 0 saturated carbocycles. The summed E-state index contributed by atoms with van der Waals surface area (Å²) in [5.41, 5.74) is 3.77. The molecule has 0 unspecified atom stereocenters. The lowest BCUT2D eigenvalue weighted by Gasteiger charge is -2.13. The van der Waals surface area contributed by atoms with Gasteiger partial charge in [-0.1, -0.05) is 0 Å². The Morgan fingerprint density at radius 1 is 0.690 bits per heavy atom. The van der Waals surface area contributed by atoms with Crippen LogP contribution in [-0.2, 0) is 9.59 Å². The Morgan fingerprint density at radius 3 is 1.34 bits per heavy atom. The summed E-state index contributed by atoms with van der Waals surface area (Å²) in [6.07, 6.45) is 0.849. The monoisotopic (exact) mass is 414 g/mol. The van der Waals surface area contributed by atoms with E-state index in [0.717, 1.165) is 22.7 Å². The number of amides is 2. The highest BCUT2D eigenvalue weighted by atomic mass is 32.2. The van der Waals surface area contributed by atoms with Crippen LogP contribution < -0.4 is 20.4 Å². The molecule has 29 heavy (non-hydrogen) atoms. The van der Waals surface area contributed by atoms with Gasteiger partial charge in [0.2, 0.25) is 11.8 Å². The van der Waals surface area contributed by atoms with Crippen molar-refractivity contribution in [2.24, 2.45) is 0 Å². The van der Waals surface area contributed by atoms with Gasteiger partial charge in [-0.25, -0.2) is 0 Å². The maximum absolute atomic E-state index is 12.0. The third-order valence-corrected chi connectivity index (χ3v) is 5.27. The third-order valence-electron chi connectivity index (χ3n) is 4.28. The Bertz CT molecular complexity index is 722. The molecule has 0 atom stereocenters. The minimum absolute atomic E-state index is 0.0134. The first kappa shape index (κ1) is 22.6. The summed E-state index contributed by atoms with van der Waals surface area (Å²) < 4.78 is 0. The predicted molar refractivity (Wildman–Crippen MR) is 125 cm³/mol. The summed E-state index contributed by atoms with van der Waals surface area (Å²) in [6.45, 7) is 0. The minimum Gasteiger partial charge on any atom is -0.378 e. The smallest absolute Gasteiger partial charge is 0.225 e. The number of anilines is 4. The van der Waals surface area contributed by atoms with Crippen molar-refractivity contribution >= 4 is 46.3 Å². The van der Waals surface area contributed by atoms with Gasteiger partial charge in [0, 0.05) is 75.3 Å². The lowest BCUT2D eigenvalue weighted by molar-refractivity contribution is -0.116. The molecule has 2 N–H and O–H groups in total. The molecule has 2 aromatic rings. The highest BCUT2D eigenvalue weighted by Gasteiger charge is 2.06. The van der Waals surface area contributed by atoms with Gasteiger partial charge in [-0.05, 0) is 48.5 Å². The van der Waals surface area contributed by atoms with Gasteiger partial charge in [-0.15, -0.1) is 0 Å². The van der Waals surface area contributed by atoms with Gasteiger partial charge in [0.15, 0.2) is 0 Å². The zero-order valence-electron chi connectivity index (χ0n) is 17.6. The number of hydrogen-bond donors (Lipinski definition) is 2. The van der Waals surface area contributed by atoms with Gasteiger partial charge in [0.05, 0.1) is 0 Å². The van der Waals surface area contributed by atoms with Crippen molar-refractivity contribution in [2.45, 2.75) is 12.8 Å². The van der Waals surface area contributed by atoms with Crippen LogP contribution in [0.3, 0.4) is 0 Å². The molecule has 0 saturated heterocycles. The highest BCUT2D eigenvalue weighted by molar-refractivity contribution is 7.99. The van der Waals surface area contributed by atoms with E-state index >= 15 is 0 Å². The van der Waals surface area contributed by atoms with Crippen molar-refractivity contribution in [1.29, 1.82) is 0 Å². The van der Waals surface area contributed by atoms with E-state index in [4.69, 9.17) is 0 Å². The van der Waals surface area contributed by atoms with E-state index in [1.165, 1.54) is 0 Å². The van der Waals surface area contributed by atoms with Crippen LogP contribution in [-0.4, -0.2) is 51.5 Å². The third kappa shape index (κ3) is 8.07. The van der Waals surface area contributed by atoms with Crippen LogP contribution in [0.2, 0.25) is 0 Å². The molecule has 0 aliphatic rings. The van der Waals surface area contributed by atoms with Crippen LogP contribution >= 0.6 is 11.8 Å². The molecule has 0 spiro atoms. The van der Waals surface area contributed by atoms with Gasteiger partial charge in [-0.3, -0.25) is 9.59 Å². The fourth-order valence-corrected chi connectivity index (χ4v) is 3.43. The van der Waals surface area contributed by atoms with Crippen molar-refractivity contribution in [3.05, 3.63) is 48.5 Å². The summed E-state index contributed by atoms with van der Waals surface area (Å²) in [4.78, 5) is 28.1. The first-order valence-electron chi connectivity index (χ1n) is 9.57. The molecule has 2 amide bonds. The Morgan fingerprint density at radius 2 is 1.03 bits per heavy atom. The zero-order chi connectivity index (χ0) is 21.2. The van der Waals surface area contributed by atoms with Crippen LogP contribution in [0.1, 0.15) is 12.8 Å². The molecular weight excluding hydrogens is 384 g/mol. The van der Waals surface area contributed by atoms with Gasteiger partial charge in [-0.2, -0.15) is 11.8 Å². The van der Waals surface area contributed by atoms with Gasteiger partial charge in [0.25, 0.3) is 0 Å². The second-order valence-corrected chi connectivity index (χ2v) is 8.32. The van der Waals surface area contributed by atoms with Crippen molar-refractivity contribution < 1.29 is 9.59 Å². The number of benzene rings is 2. The van der Waals surface area contributed by atoms with Gasteiger partial charge >= 0.3 is 0 Å². The highest BCUT2D eigenvalue weighted by Crippen LogP contribution is 2.17. The molecule has 6 nitrogen and oxygen atoms in total. The normalized spacial score (nSPS) is 10.3. The van der Waals surface area contributed by atoms with Crippen molar-refractivity contribution in [2.75, 3.05) is 60.1 Å². The number of nitrogens with one attached hydrogen (secondary N) is 2. The minimum atomic E-state index is -0.0134. The number of rotatable bonds is 10. The molecule has 0 aliphatic heterocycles.